The van der Waals surface area contributed by atoms with E-state index in [9.17, 15) is 8.42 Å². The van der Waals surface area contributed by atoms with Gasteiger partial charge in [0.15, 0.2) is 5.75 Å². The van der Waals surface area contributed by atoms with E-state index >= 15 is 0 Å². The van der Waals surface area contributed by atoms with E-state index in [-0.39, 0.29) is 10.6 Å². The van der Waals surface area contributed by atoms with Gasteiger partial charge in [0.25, 0.3) is 0 Å². The van der Waals surface area contributed by atoms with Crippen LogP contribution in [-0.2, 0) is 10.1 Å². The average molecular weight is 513 g/mol. The van der Waals surface area contributed by atoms with E-state index in [4.69, 9.17) is 4.18 Å². The first kappa shape index (κ1) is 18.0. The Morgan fingerprint density at radius 1 is 0.864 bits per heavy atom. The quantitative estimate of drug-likeness (QED) is 0.498. The highest BCUT2D eigenvalue weighted by Gasteiger charge is 2.24. The Labute approximate surface area is 155 Å². The fourth-order valence-electron chi connectivity index (χ4n) is 2.32. The maximum absolute atomic E-state index is 12.7. The third-order valence-corrected chi connectivity index (χ3v) is 6.18. The molecule has 2 aromatic carbocycles. The number of aryl methyl sites for hydroxylation is 3. The molecule has 7 heteroatoms. The molecule has 2 rings (SSSR count). The van der Waals surface area contributed by atoms with Crippen molar-refractivity contribution in [1.29, 1.82) is 0 Å². The van der Waals surface area contributed by atoms with Crippen molar-refractivity contribution < 1.29 is 12.6 Å². The molecule has 0 atom stereocenters. The molecule has 0 aliphatic rings. The largest absolute Gasteiger partial charge is 0.377 e. The van der Waals surface area contributed by atoms with Crippen LogP contribution in [0.4, 0.5) is 0 Å². The lowest BCUT2D eigenvalue weighted by Crippen LogP contribution is -2.14. The smallest absolute Gasteiger partial charge is 0.339 e. The molecule has 3 nitrogen and oxygen atoms in total. The van der Waals surface area contributed by atoms with Gasteiger partial charge in [-0.15, -0.1) is 0 Å². The van der Waals surface area contributed by atoms with Crippen molar-refractivity contribution in [1.82, 2.24) is 0 Å². The summed E-state index contributed by atoms with van der Waals surface area (Å²) in [4.78, 5) is 0.208. The Kier molecular flexibility index (Phi) is 5.42. The van der Waals surface area contributed by atoms with E-state index < -0.39 is 10.1 Å². The molecule has 0 unspecified atom stereocenters. The van der Waals surface area contributed by atoms with Gasteiger partial charge in [-0.3, -0.25) is 0 Å². The fraction of sp³-hybridized carbons (Fsp3) is 0.200. The fourth-order valence-corrected chi connectivity index (χ4v) is 6.34. The average Bonchev–Trinajstić information content (AvgIpc) is 2.31. The number of halogens is 3. The molecule has 0 saturated heterocycles. The Morgan fingerprint density at radius 2 is 1.32 bits per heavy atom. The lowest BCUT2D eigenvalue weighted by molar-refractivity contribution is 0.482. The van der Waals surface area contributed by atoms with Crippen LogP contribution in [0.3, 0.4) is 0 Å². The van der Waals surface area contributed by atoms with E-state index in [1.165, 1.54) is 0 Å². The number of hydrogen-bond acceptors (Lipinski definition) is 3. The first-order valence-corrected chi connectivity index (χ1v) is 10.1. The van der Waals surface area contributed by atoms with E-state index in [1.54, 1.807) is 26.0 Å². The molecule has 2 aromatic rings. The maximum Gasteiger partial charge on any atom is 0.339 e. The predicted molar refractivity (Wildman–Crippen MR) is 98.0 cm³/mol. The molecule has 0 saturated carbocycles. The van der Waals surface area contributed by atoms with E-state index in [0.29, 0.717) is 20.1 Å². The van der Waals surface area contributed by atoms with Crippen LogP contribution in [0.25, 0.3) is 0 Å². The molecule has 0 fully saturated rings. The predicted octanol–water partition coefficient (Wildman–Crippen LogP) is 5.67. The summed E-state index contributed by atoms with van der Waals surface area (Å²) in [6, 6.07) is 7.11. The molecule has 22 heavy (non-hydrogen) atoms. The standard InChI is InChI=1S/C15H13Br3O3S/c1-8-4-9(2)15(10(3)5-8)22(19,20)21-14-12(17)6-11(16)7-13(14)18/h4-7H,1-3H3. The second-order valence-corrected chi connectivity index (χ2v) is 9.07. The normalized spacial score (nSPS) is 11.5. The summed E-state index contributed by atoms with van der Waals surface area (Å²) in [5.41, 5.74) is 2.35. The van der Waals surface area contributed by atoms with Crippen LogP contribution in [0.15, 0.2) is 42.6 Å². The molecular weight excluding hydrogens is 500 g/mol. The maximum atomic E-state index is 12.7. The third kappa shape index (κ3) is 3.75. The van der Waals surface area contributed by atoms with Gasteiger partial charge in [0, 0.05) is 4.47 Å². The number of rotatable bonds is 3. The minimum Gasteiger partial charge on any atom is -0.377 e. The van der Waals surface area contributed by atoms with E-state index in [0.717, 1.165) is 10.0 Å². The molecule has 0 aromatic heterocycles. The molecule has 0 radical (unpaired) electrons. The van der Waals surface area contributed by atoms with Crippen molar-refractivity contribution in [2.75, 3.05) is 0 Å². The highest BCUT2D eigenvalue weighted by Crippen LogP contribution is 2.38. The van der Waals surface area contributed by atoms with Gasteiger partial charge in [-0.2, -0.15) is 8.42 Å². The first-order valence-electron chi connectivity index (χ1n) is 6.28. The Balaban J connectivity index is 2.55. The summed E-state index contributed by atoms with van der Waals surface area (Å²) >= 11 is 9.98. The second-order valence-electron chi connectivity index (χ2n) is 4.96. The zero-order chi connectivity index (χ0) is 16.7. The molecule has 118 valence electrons. The zero-order valence-corrected chi connectivity index (χ0v) is 17.7. The van der Waals surface area contributed by atoms with Gasteiger partial charge in [0.2, 0.25) is 0 Å². The van der Waals surface area contributed by atoms with Crippen LogP contribution in [0.5, 0.6) is 5.75 Å². The molecule has 0 spiro atoms. The molecular formula is C15H13Br3O3S. The molecule has 0 N–H and O–H groups in total. The summed E-state index contributed by atoms with van der Waals surface area (Å²) in [6.45, 7) is 5.46. The molecule has 0 aliphatic heterocycles. The minimum absolute atomic E-state index is 0.208. The summed E-state index contributed by atoms with van der Waals surface area (Å²) in [6.07, 6.45) is 0. The van der Waals surface area contributed by atoms with E-state index in [2.05, 4.69) is 47.8 Å². The van der Waals surface area contributed by atoms with Crippen LogP contribution < -0.4 is 4.18 Å². The van der Waals surface area contributed by atoms with Crippen molar-refractivity contribution in [3.8, 4) is 5.75 Å². The first-order chi connectivity index (χ1) is 10.1. The summed E-state index contributed by atoms with van der Waals surface area (Å²) in [7, 11) is -3.92. The SMILES string of the molecule is Cc1cc(C)c(S(=O)(=O)Oc2c(Br)cc(Br)cc2Br)c(C)c1. The van der Waals surface area contributed by atoms with Crippen LogP contribution in [-0.4, -0.2) is 8.42 Å². The summed E-state index contributed by atoms with van der Waals surface area (Å²) in [5.74, 6) is 0.225. The monoisotopic (exact) mass is 510 g/mol. The third-order valence-electron chi connectivity index (χ3n) is 3.01. The van der Waals surface area contributed by atoms with Crippen LogP contribution in [0.2, 0.25) is 0 Å². The Bertz CT molecular complexity index is 799. The van der Waals surface area contributed by atoms with Crippen LogP contribution in [0.1, 0.15) is 16.7 Å². The molecule has 0 bridgehead atoms. The lowest BCUT2D eigenvalue weighted by atomic mass is 10.1. The number of benzene rings is 2. The van der Waals surface area contributed by atoms with Crippen molar-refractivity contribution in [3.63, 3.8) is 0 Å². The molecule has 0 amide bonds. The van der Waals surface area contributed by atoms with Gasteiger partial charge in [0.1, 0.15) is 4.90 Å². The van der Waals surface area contributed by atoms with Gasteiger partial charge in [-0.1, -0.05) is 33.6 Å². The highest BCUT2D eigenvalue weighted by molar-refractivity contribution is 9.11. The zero-order valence-electron chi connectivity index (χ0n) is 12.1. The van der Waals surface area contributed by atoms with Gasteiger partial charge in [-0.25, -0.2) is 0 Å². The van der Waals surface area contributed by atoms with Gasteiger partial charge < -0.3 is 4.18 Å². The van der Waals surface area contributed by atoms with Crippen LogP contribution in [0, 0.1) is 20.8 Å². The summed E-state index contributed by atoms with van der Waals surface area (Å²) in [5, 5.41) is 0. The van der Waals surface area contributed by atoms with Crippen molar-refractivity contribution in [2.24, 2.45) is 0 Å². The van der Waals surface area contributed by atoms with Crippen molar-refractivity contribution in [3.05, 3.63) is 54.4 Å². The van der Waals surface area contributed by atoms with Gasteiger partial charge in [-0.05, 0) is 75.9 Å². The topological polar surface area (TPSA) is 43.4 Å². The lowest BCUT2D eigenvalue weighted by Gasteiger charge is -2.15. The van der Waals surface area contributed by atoms with Crippen molar-refractivity contribution in [2.45, 2.75) is 25.7 Å². The highest BCUT2D eigenvalue weighted by atomic mass is 79.9. The minimum atomic E-state index is -3.92. The second kappa shape index (κ2) is 6.63. The Morgan fingerprint density at radius 3 is 1.77 bits per heavy atom. The molecule has 0 aliphatic carbocycles. The number of hydrogen-bond donors (Lipinski definition) is 0. The van der Waals surface area contributed by atoms with E-state index in [1.807, 2.05) is 19.1 Å². The van der Waals surface area contributed by atoms with Crippen LogP contribution >= 0.6 is 47.8 Å². The Hall–Kier alpha value is -0.370. The van der Waals surface area contributed by atoms with Gasteiger partial charge >= 0.3 is 10.1 Å². The van der Waals surface area contributed by atoms with Gasteiger partial charge in [0.05, 0.1) is 8.95 Å². The molecule has 0 heterocycles. The summed E-state index contributed by atoms with van der Waals surface area (Å²) < 4.78 is 32.6. The van der Waals surface area contributed by atoms with Crippen molar-refractivity contribution >= 4 is 57.9 Å².